The largest absolute Gasteiger partial charge is 0.351 e. The van der Waals surface area contributed by atoms with Crippen molar-refractivity contribution in [3.63, 3.8) is 0 Å². The maximum atomic E-state index is 12.4. The zero-order chi connectivity index (χ0) is 20.4. The summed E-state index contributed by atoms with van der Waals surface area (Å²) in [7, 11) is 0. The van der Waals surface area contributed by atoms with Gasteiger partial charge in [-0.1, -0.05) is 37.3 Å². The lowest BCUT2D eigenvalue weighted by atomic mass is 10.1. The molecule has 7 heteroatoms. The molecule has 0 atom stereocenters. The summed E-state index contributed by atoms with van der Waals surface area (Å²) in [5, 5.41) is 16.0. The molecule has 0 aromatic heterocycles. The minimum absolute atomic E-state index is 0.0519. The number of nitro groups is 1. The van der Waals surface area contributed by atoms with Gasteiger partial charge in [-0.05, 0) is 41.8 Å². The van der Waals surface area contributed by atoms with Gasteiger partial charge >= 0.3 is 0 Å². The number of benzene rings is 2. The van der Waals surface area contributed by atoms with Crippen LogP contribution in [-0.2, 0) is 9.59 Å². The average Bonchev–Trinajstić information content (AvgIpc) is 2.71. The average molecular weight is 379 g/mol. The van der Waals surface area contributed by atoms with E-state index in [1.54, 1.807) is 6.08 Å². The molecule has 144 valence electrons. The molecule has 0 spiro atoms. The molecule has 2 aromatic rings. The minimum atomic E-state index is -0.501. The van der Waals surface area contributed by atoms with Crippen LogP contribution in [0.4, 0.5) is 5.69 Å². The third kappa shape index (κ3) is 6.53. The van der Waals surface area contributed by atoms with E-state index in [-0.39, 0.29) is 11.4 Å². The van der Waals surface area contributed by atoms with Crippen molar-refractivity contribution in [2.75, 3.05) is 6.54 Å². The predicted octanol–water partition coefficient (Wildman–Crippen LogP) is 3.29. The summed E-state index contributed by atoms with van der Waals surface area (Å²) in [4.78, 5) is 34.9. The molecule has 2 rings (SSSR count). The van der Waals surface area contributed by atoms with Gasteiger partial charge in [-0.25, -0.2) is 0 Å². The molecular formula is C21H21N3O4. The minimum Gasteiger partial charge on any atom is -0.351 e. The summed E-state index contributed by atoms with van der Waals surface area (Å²) in [6.45, 7) is 2.38. The van der Waals surface area contributed by atoms with E-state index in [0.29, 0.717) is 12.1 Å². The zero-order valence-electron chi connectivity index (χ0n) is 15.4. The Morgan fingerprint density at radius 3 is 2.32 bits per heavy atom. The number of rotatable bonds is 8. The SMILES string of the molecule is CCCNC(=O)/C(=C/c1ccc([N+](=O)[O-])cc1)NC(=O)C=Cc1ccccc1. The van der Waals surface area contributed by atoms with Gasteiger partial charge in [0.2, 0.25) is 5.91 Å². The highest BCUT2D eigenvalue weighted by Gasteiger charge is 2.12. The van der Waals surface area contributed by atoms with Gasteiger partial charge < -0.3 is 10.6 Å². The van der Waals surface area contributed by atoms with E-state index in [1.807, 2.05) is 37.3 Å². The first kappa shape index (κ1) is 20.6. The van der Waals surface area contributed by atoms with Crippen LogP contribution in [-0.4, -0.2) is 23.3 Å². The molecule has 0 bridgehead atoms. The maximum Gasteiger partial charge on any atom is 0.269 e. The van der Waals surface area contributed by atoms with Crippen LogP contribution in [0.5, 0.6) is 0 Å². The number of nitrogens with zero attached hydrogens (tertiary/aromatic N) is 1. The molecule has 0 unspecified atom stereocenters. The molecule has 2 aromatic carbocycles. The van der Waals surface area contributed by atoms with E-state index >= 15 is 0 Å². The van der Waals surface area contributed by atoms with Crippen LogP contribution < -0.4 is 10.6 Å². The molecule has 0 aliphatic rings. The van der Waals surface area contributed by atoms with E-state index in [0.717, 1.165) is 12.0 Å². The molecular weight excluding hydrogens is 358 g/mol. The number of nitrogens with one attached hydrogen (secondary N) is 2. The molecule has 28 heavy (non-hydrogen) atoms. The Kier molecular flexibility index (Phi) is 7.65. The number of nitro benzene ring substituents is 1. The summed E-state index contributed by atoms with van der Waals surface area (Å²) in [5.41, 5.74) is 1.42. The molecule has 0 aliphatic carbocycles. The highest BCUT2D eigenvalue weighted by molar-refractivity contribution is 6.04. The maximum absolute atomic E-state index is 12.4. The van der Waals surface area contributed by atoms with E-state index < -0.39 is 16.7 Å². The summed E-state index contributed by atoms with van der Waals surface area (Å²) < 4.78 is 0. The van der Waals surface area contributed by atoms with Crippen LogP contribution >= 0.6 is 0 Å². The van der Waals surface area contributed by atoms with Gasteiger partial charge in [-0.2, -0.15) is 0 Å². The third-order valence-corrected chi connectivity index (χ3v) is 3.68. The normalized spacial score (nSPS) is 11.2. The van der Waals surface area contributed by atoms with Crippen molar-refractivity contribution in [3.05, 3.63) is 87.6 Å². The summed E-state index contributed by atoms with van der Waals surface area (Å²) in [6, 6.07) is 15.0. The molecule has 7 nitrogen and oxygen atoms in total. The van der Waals surface area contributed by atoms with Gasteiger partial charge in [0.25, 0.3) is 11.6 Å². The van der Waals surface area contributed by atoms with Crippen LogP contribution in [0.15, 0.2) is 66.4 Å². The Morgan fingerprint density at radius 1 is 1.04 bits per heavy atom. The highest BCUT2D eigenvalue weighted by atomic mass is 16.6. The topological polar surface area (TPSA) is 101 Å². The third-order valence-electron chi connectivity index (χ3n) is 3.68. The van der Waals surface area contributed by atoms with Crippen LogP contribution in [0.1, 0.15) is 24.5 Å². The molecule has 0 aliphatic heterocycles. The molecule has 0 saturated heterocycles. The molecule has 0 heterocycles. The van der Waals surface area contributed by atoms with Gasteiger partial charge in [0.15, 0.2) is 0 Å². The standard InChI is InChI=1S/C21H21N3O4/c1-2-14-22-21(26)19(15-17-8-11-18(12-9-17)24(27)28)23-20(25)13-10-16-6-4-3-5-7-16/h3-13,15H,2,14H2,1H3,(H,22,26)(H,23,25)/b13-10?,19-15-. The van der Waals surface area contributed by atoms with Gasteiger partial charge in [-0.15, -0.1) is 0 Å². The lowest BCUT2D eigenvalue weighted by Gasteiger charge is -2.09. The fourth-order valence-corrected chi connectivity index (χ4v) is 2.26. The van der Waals surface area contributed by atoms with Crippen molar-refractivity contribution in [3.8, 4) is 0 Å². The summed E-state index contributed by atoms with van der Waals surface area (Å²) >= 11 is 0. The molecule has 0 radical (unpaired) electrons. The smallest absolute Gasteiger partial charge is 0.269 e. The Hall–Kier alpha value is -3.74. The second kappa shape index (κ2) is 10.4. The van der Waals surface area contributed by atoms with Gasteiger partial charge in [0, 0.05) is 24.8 Å². The number of carbonyl (C=O) groups is 2. The Balaban J connectivity index is 2.18. The van der Waals surface area contributed by atoms with Crippen LogP contribution in [0.3, 0.4) is 0 Å². The van der Waals surface area contributed by atoms with Crippen molar-refractivity contribution in [1.82, 2.24) is 10.6 Å². The predicted molar refractivity (Wildman–Crippen MR) is 108 cm³/mol. The molecule has 2 N–H and O–H groups in total. The van der Waals surface area contributed by atoms with Crippen molar-refractivity contribution in [1.29, 1.82) is 0 Å². The quantitative estimate of drug-likeness (QED) is 0.417. The van der Waals surface area contributed by atoms with Crippen molar-refractivity contribution >= 4 is 29.7 Å². The Morgan fingerprint density at radius 2 is 1.71 bits per heavy atom. The van der Waals surface area contributed by atoms with Crippen LogP contribution in [0.25, 0.3) is 12.2 Å². The number of amides is 2. The van der Waals surface area contributed by atoms with Crippen LogP contribution in [0.2, 0.25) is 0 Å². The fraction of sp³-hybridized carbons (Fsp3) is 0.143. The van der Waals surface area contributed by atoms with Crippen molar-refractivity contribution in [2.45, 2.75) is 13.3 Å². The lowest BCUT2D eigenvalue weighted by molar-refractivity contribution is -0.384. The first-order chi connectivity index (χ1) is 13.5. The van der Waals surface area contributed by atoms with E-state index in [1.165, 1.54) is 36.4 Å². The molecule has 0 fully saturated rings. The highest BCUT2D eigenvalue weighted by Crippen LogP contribution is 2.14. The number of hydrogen-bond acceptors (Lipinski definition) is 4. The van der Waals surface area contributed by atoms with Crippen molar-refractivity contribution in [2.24, 2.45) is 0 Å². The monoisotopic (exact) mass is 379 g/mol. The second-order valence-corrected chi connectivity index (χ2v) is 5.90. The van der Waals surface area contributed by atoms with E-state index in [4.69, 9.17) is 0 Å². The summed E-state index contributed by atoms with van der Waals surface area (Å²) in [6.07, 6.45) is 5.20. The Labute approximate surface area is 162 Å². The van der Waals surface area contributed by atoms with Crippen molar-refractivity contribution < 1.29 is 14.5 Å². The first-order valence-electron chi connectivity index (χ1n) is 8.78. The number of non-ortho nitro benzene ring substituents is 1. The number of hydrogen-bond donors (Lipinski definition) is 2. The molecule has 2 amide bonds. The van der Waals surface area contributed by atoms with Gasteiger partial charge in [0.05, 0.1) is 4.92 Å². The van der Waals surface area contributed by atoms with Gasteiger partial charge in [0.1, 0.15) is 5.70 Å². The van der Waals surface area contributed by atoms with Gasteiger partial charge in [-0.3, -0.25) is 19.7 Å². The number of carbonyl (C=O) groups excluding carboxylic acids is 2. The Bertz CT molecular complexity index is 888. The molecule has 0 saturated carbocycles. The van der Waals surface area contributed by atoms with E-state index in [9.17, 15) is 19.7 Å². The summed E-state index contributed by atoms with van der Waals surface area (Å²) in [5.74, 6) is -0.884. The zero-order valence-corrected chi connectivity index (χ0v) is 15.4. The van der Waals surface area contributed by atoms with Crippen LogP contribution in [0, 0.1) is 10.1 Å². The lowest BCUT2D eigenvalue weighted by Crippen LogP contribution is -2.34. The van der Waals surface area contributed by atoms with E-state index in [2.05, 4.69) is 10.6 Å². The first-order valence-corrected chi connectivity index (χ1v) is 8.78. The second-order valence-electron chi connectivity index (χ2n) is 5.90. The fourth-order valence-electron chi connectivity index (χ4n) is 2.26.